The van der Waals surface area contributed by atoms with Gasteiger partial charge in [0.25, 0.3) is 0 Å². The second-order valence-electron chi connectivity index (χ2n) is 6.67. The lowest BCUT2D eigenvalue weighted by molar-refractivity contribution is -0.0726. The number of hydrogen-bond acceptors (Lipinski definition) is 1. The zero-order chi connectivity index (χ0) is 15.4. The average molecular weight is 421 g/mol. The standard InChI is InChI=1S/C18H26ClIO/c1-12(2)14-9-8-13(3)10-17(14)21-18(11-20)15-6-4-5-7-16(15)19/h4-7,12-14,17-18H,8-11H2,1-3H3. The van der Waals surface area contributed by atoms with Crippen LogP contribution in [-0.2, 0) is 4.74 Å². The summed E-state index contributed by atoms with van der Waals surface area (Å²) in [5, 5.41) is 0.823. The third-order valence-corrected chi connectivity index (χ3v) is 5.84. The van der Waals surface area contributed by atoms with Gasteiger partial charge in [-0.3, -0.25) is 0 Å². The minimum Gasteiger partial charge on any atom is -0.369 e. The van der Waals surface area contributed by atoms with Crippen molar-refractivity contribution in [2.24, 2.45) is 17.8 Å². The highest BCUT2D eigenvalue weighted by Crippen LogP contribution is 2.39. The summed E-state index contributed by atoms with van der Waals surface area (Å²) in [6.07, 6.45) is 4.28. The van der Waals surface area contributed by atoms with Gasteiger partial charge >= 0.3 is 0 Å². The van der Waals surface area contributed by atoms with Crippen molar-refractivity contribution in [3.8, 4) is 0 Å². The van der Waals surface area contributed by atoms with E-state index in [0.717, 1.165) is 20.9 Å². The predicted octanol–water partition coefficient (Wildman–Crippen LogP) is 6.29. The molecule has 1 saturated carbocycles. The Balaban J connectivity index is 2.14. The van der Waals surface area contributed by atoms with Crippen LogP contribution in [0.25, 0.3) is 0 Å². The van der Waals surface area contributed by atoms with Crippen LogP contribution < -0.4 is 0 Å². The molecule has 118 valence electrons. The molecule has 21 heavy (non-hydrogen) atoms. The third-order valence-electron chi connectivity index (χ3n) is 4.69. The molecule has 0 aromatic heterocycles. The van der Waals surface area contributed by atoms with Crippen molar-refractivity contribution in [1.29, 1.82) is 0 Å². The van der Waals surface area contributed by atoms with Crippen LogP contribution >= 0.6 is 34.2 Å². The summed E-state index contributed by atoms with van der Waals surface area (Å²) in [7, 11) is 0. The van der Waals surface area contributed by atoms with E-state index in [2.05, 4.69) is 49.4 Å². The zero-order valence-electron chi connectivity index (χ0n) is 13.2. The molecule has 3 heteroatoms. The van der Waals surface area contributed by atoms with Gasteiger partial charge in [-0.1, -0.05) is 79.6 Å². The largest absolute Gasteiger partial charge is 0.369 e. The number of alkyl halides is 1. The first-order valence-corrected chi connectivity index (χ1v) is 9.89. The molecule has 1 aromatic carbocycles. The van der Waals surface area contributed by atoms with Crippen LogP contribution in [0.15, 0.2) is 24.3 Å². The molecule has 0 bridgehead atoms. The second-order valence-corrected chi connectivity index (χ2v) is 7.95. The quantitative estimate of drug-likeness (QED) is 0.401. The molecule has 1 aliphatic carbocycles. The fourth-order valence-electron chi connectivity index (χ4n) is 3.41. The van der Waals surface area contributed by atoms with E-state index >= 15 is 0 Å². The van der Waals surface area contributed by atoms with Crippen molar-refractivity contribution >= 4 is 34.2 Å². The van der Waals surface area contributed by atoms with E-state index in [-0.39, 0.29) is 6.10 Å². The van der Waals surface area contributed by atoms with Crippen molar-refractivity contribution in [3.05, 3.63) is 34.9 Å². The first kappa shape index (κ1) is 17.6. The van der Waals surface area contributed by atoms with Crippen molar-refractivity contribution < 1.29 is 4.74 Å². The molecule has 1 aromatic rings. The maximum absolute atomic E-state index is 6.56. The van der Waals surface area contributed by atoms with Gasteiger partial charge in [0.2, 0.25) is 0 Å². The summed E-state index contributed by atoms with van der Waals surface area (Å²) in [6, 6.07) is 8.09. The fourth-order valence-corrected chi connectivity index (χ4v) is 4.35. The minimum atomic E-state index is 0.107. The Bertz CT molecular complexity index is 449. The molecular formula is C18H26ClIO. The van der Waals surface area contributed by atoms with Gasteiger partial charge in [0.05, 0.1) is 12.2 Å². The molecule has 0 radical (unpaired) electrons. The van der Waals surface area contributed by atoms with Crippen LogP contribution in [-0.4, -0.2) is 10.5 Å². The molecule has 4 atom stereocenters. The predicted molar refractivity (Wildman–Crippen MR) is 99.3 cm³/mol. The van der Waals surface area contributed by atoms with Crippen LogP contribution in [0.4, 0.5) is 0 Å². The van der Waals surface area contributed by atoms with Gasteiger partial charge in [-0.05, 0) is 36.7 Å². The summed E-state index contributed by atoms with van der Waals surface area (Å²) in [6.45, 7) is 7.00. The topological polar surface area (TPSA) is 9.23 Å². The Morgan fingerprint density at radius 3 is 2.62 bits per heavy atom. The molecule has 0 heterocycles. The molecule has 0 N–H and O–H groups in total. The van der Waals surface area contributed by atoms with Gasteiger partial charge in [0.15, 0.2) is 0 Å². The molecule has 0 aliphatic heterocycles. The number of ether oxygens (including phenoxy) is 1. The number of rotatable bonds is 5. The van der Waals surface area contributed by atoms with Crippen molar-refractivity contribution in [3.63, 3.8) is 0 Å². The van der Waals surface area contributed by atoms with Crippen molar-refractivity contribution in [2.45, 2.75) is 52.2 Å². The number of hydrogen-bond donors (Lipinski definition) is 0. The minimum absolute atomic E-state index is 0.107. The molecule has 0 spiro atoms. The fraction of sp³-hybridized carbons (Fsp3) is 0.667. The summed E-state index contributed by atoms with van der Waals surface area (Å²) in [5.74, 6) is 2.13. The number of benzene rings is 1. The van der Waals surface area contributed by atoms with Gasteiger partial charge in [-0.25, -0.2) is 0 Å². The van der Waals surface area contributed by atoms with Crippen LogP contribution in [0.5, 0.6) is 0 Å². The smallest absolute Gasteiger partial charge is 0.0932 e. The van der Waals surface area contributed by atoms with Gasteiger partial charge in [0, 0.05) is 15.0 Å². The van der Waals surface area contributed by atoms with Crippen molar-refractivity contribution in [1.82, 2.24) is 0 Å². The van der Waals surface area contributed by atoms with E-state index in [1.54, 1.807) is 0 Å². The summed E-state index contributed by atoms with van der Waals surface area (Å²) >= 11 is 8.77. The summed E-state index contributed by atoms with van der Waals surface area (Å²) in [4.78, 5) is 0. The lowest BCUT2D eigenvalue weighted by atomic mass is 9.75. The third kappa shape index (κ3) is 4.59. The molecular weight excluding hydrogens is 395 g/mol. The van der Waals surface area contributed by atoms with Gasteiger partial charge in [-0.15, -0.1) is 0 Å². The Kier molecular flexibility index (Phi) is 6.82. The first-order chi connectivity index (χ1) is 10.0. The molecule has 1 fully saturated rings. The van der Waals surface area contributed by atoms with Crippen molar-refractivity contribution in [2.75, 3.05) is 4.43 Å². The Morgan fingerprint density at radius 2 is 2.00 bits per heavy atom. The SMILES string of the molecule is CC1CCC(C(C)C)C(OC(CI)c2ccccc2Cl)C1. The average Bonchev–Trinajstić information content (AvgIpc) is 2.45. The van der Waals surface area contributed by atoms with E-state index in [9.17, 15) is 0 Å². The zero-order valence-corrected chi connectivity index (χ0v) is 16.1. The number of halogens is 2. The first-order valence-electron chi connectivity index (χ1n) is 7.98. The maximum atomic E-state index is 6.56. The van der Waals surface area contributed by atoms with E-state index in [1.807, 2.05) is 18.2 Å². The van der Waals surface area contributed by atoms with Crippen LogP contribution in [0.3, 0.4) is 0 Å². The van der Waals surface area contributed by atoms with Gasteiger partial charge < -0.3 is 4.74 Å². The maximum Gasteiger partial charge on any atom is 0.0932 e. The molecule has 1 aliphatic rings. The van der Waals surface area contributed by atoms with Crippen LogP contribution in [0, 0.1) is 17.8 Å². The molecule has 4 unspecified atom stereocenters. The Labute approximate surface area is 147 Å². The highest BCUT2D eigenvalue weighted by atomic mass is 127. The molecule has 1 nitrogen and oxygen atoms in total. The van der Waals surface area contributed by atoms with E-state index in [0.29, 0.717) is 17.9 Å². The highest BCUT2D eigenvalue weighted by molar-refractivity contribution is 14.1. The highest BCUT2D eigenvalue weighted by Gasteiger charge is 2.33. The Morgan fingerprint density at radius 1 is 1.29 bits per heavy atom. The van der Waals surface area contributed by atoms with Gasteiger partial charge in [-0.2, -0.15) is 0 Å². The van der Waals surface area contributed by atoms with E-state index in [1.165, 1.54) is 19.3 Å². The lowest BCUT2D eigenvalue weighted by Crippen LogP contribution is -2.35. The van der Waals surface area contributed by atoms with E-state index < -0.39 is 0 Å². The summed E-state index contributed by atoms with van der Waals surface area (Å²) in [5.41, 5.74) is 1.13. The molecule has 0 amide bonds. The van der Waals surface area contributed by atoms with E-state index in [4.69, 9.17) is 16.3 Å². The second kappa shape index (κ2) is 8.16. The normalized spacial score (nSPS) is 27.8. The monoisotopic (exact) mass is 420 g/mol. The lowest BCUT2D eigenvalue weighted by Gasteiger charge is -2.39. The molecule has 2 rings (SSSR count). The molecule has 0 saturated heterocycles. The summed E-state index contributed by atoms with van der Waals surface area (Å²) < 4.78 is 7.50. The Hall–Kier alpha value is 0.200. The van der Waals surface area contributed by atoms with Crippen LogP contribution in [0.2, 0.25) is 5.02 Å². The van der Waals surface area contributed by atoms with Gasteiger partial charge in [0.1, 0.15) is 0 Å². The van der Waals surface area contributed by atoms with Crippen LogP contribution in [0.1, 0.15) is 51.7 Å².